The molecule has 0 aromatic heterocycles. The maximum atomic E-state index is 12.0. The van der Waals surface area contributed by atoms with E-state index < -0.39 is 0 Å². The van der Waals surface area contributed by atoms with Gasteiger partial charge in [-0.05, 0) is 33.8 Å². The molecule has 18 heavy (non-hydrogen) atoms. The summed E-state index contributed by atoms with van der Waals surface area (Å²) in [5.74, 6) is -0.220. The smallest absolute Gasteiger partial charge is 0.325 e. The lowest BCUT2D eigenvalue weighted by molar-refractivity contribution is -0.148. The van der Waals surface area contributed by atoms with E-state index in [4.69, 9.17) is 4.74 Å². The van der Waals surface area contributed by atoms with Crippen molar-refractivity contribution in [1.29, 1.82) is 0 Å². The molecule has 0 spiro atoms. The lowest BCUT2D eigenvalue weighted by Crippen LogP contribution is -2.46. The van der Waals surface area contributed by atoms with Crippen molar-refractivity contribution in [2.75, 3.05) is 35.3 Å². The Hall–Kier alpha value is -1.39. The van der Waals surface area contributed by atoms with Crippen molar-refractivity contribution in [2.24, 2.45) is 0 Å². The highest BCUT2D eigenvalue weighted by Gasteiger charge is 2.33. The van der Waals surface area contributed by atoms with Crippen LogP contribution in [0.5, 0.6) is 0 Å². The third-order valence-electron chi connectivity index (χ3n) is 3.00. The van der Waals surface area contributed by atoms with E-state index in [2.05, 4.69) is 0 Å². The highest BCUT2D eigenvalue weighted by Crippen LogP contribution is 2.25. The fraction of sp³-hybridized carbons (Fsp3) is 0.500. The molecule has 1 aromatic carbocycles. The van der Waals surface area contributed by atoms with E-state index in [1.54, 1.807) is 0 Å². The van der Waals surface area contributed by atoms with Crippen LogP contribution in [0.2, 0.25) is 0 Å². The van der Waals surface area contributed by atoms with Gasteiger partial charge >= 0.3 is 5.97 Å². The predicted octanol–water partition coefficient (Wildman–Crippen LogP) is 1.39. The van der Waals surface area contributed by atoms with Gasteiger partial charge in [0.25, 0.3) is 0 Å². The molecule has 0 aliphatic carbocycles. The van der Waals surface area contributed by atoms with E-state index in [1.807, 2.05) is 68.3 Å². The lowest BCUT2D eigenvalue weighted by Gasteiger charge is -2.34. The van der Waals surface area contributed by atoms with Gasteiger partial charge in [-0.2, -0.15) is 0 Å². The number of hydrogen-bond acceptors (Lipinski definition) is 4. The average Bonchev–Trinajstić information content (AvgIpc) is 2.35. The van der Waals surface area contributed by atoms with Crippen LogP contribution in [-0.4, -0.2) is 57.1 Å². The van der Waals surface area contributed by atoms with Gasteiger partial charge in [0.2, 0.25) is 0 Å². The van der Waals surface area contributed by atoms with Gasteiger partial charge in [-0.3, -0.25) is 9.69 Å². The minimum atomic E-state index is -0.326. The van der Waals surface area contributed by atoms with Crippen molar-refractivity contribution < 1.29 is 9.53 Å². The fourth-order valence-electron chi connectivity index (χ4n) is 2.16. The number of nitrogens with zero attached hydrogens (tertiary/aromatic N) is 2. The maximum Gasteiger partial charge on any atom is 0.325 e. The second-order valence-electron chi connectivity index (χ2n) is 4.75. The van der Waals surface area contributed by atoms with Gasteiger partial charge in [0, 0.05) is 0 Å². The molecule has 2 atom stereocenters. The number of rotatable bonds is 5. The molecule has 0 aliphatic rings. The Bertz CT molecular complexity index is 377. The second-order valence-corrected chi connectivity index (χ2v) is 4.75. The minimum absolute atomic E-state index is 0.0337. The molecule has 0 N–H and O–H groups in total. The molecule has 4 heteroatoms. The van der Waals surface area contributed by atoms with E-state index in [0.717, 1.165) is 5.56 Å². The summed E-state index contributed by atoms with van der Waals surface area (Å²) in [6, 6.07) is 9.64. The lowest BCUT2D eigenvalue weighted by atomic mass is 9.97. The minimum Gasteiger partial charge on any atom is -0.468 e. The topological polar surface area (TPSA) is 32.8 Å². The number of carbonyl (C=O) groups excluding carboxylic acids is 1. The van der Waals surface area contributed by atoms with Crippen LogP contribution in [0.4, 0.5) is 0 Å². The molecule has 0 heterocycles. The van der Waals surface area contributed by atoms with Gasteiger partial charge in [-0.25, -0.2) is 0 Å². The molecule has 0 saturated carbocycles. The van der Waals surface area contributed by atoms with Crippen LogP contribution < -0.4 is 0 Å². The van der Waals surface area contributed by atoms with Crippen LogP contribution >= 0.6 is 0 Å². The third-order valence-corrected chi connectivity index (χ3v) is 3.00. The first-order valence-electron chi connectivity index (χ1n) is 5.94. The molecule has 0 bridgehead atoms. The van der Waals surface area contributed by atoms with E-state index in [-0.39, 0.29) is 18.1 Å². The van der Waals surface area contributed by atoms with E-state index >= 15 is 0 Å². The number of likely N-dealkylation sites (N-methyl/N-ethyl adjacent to an activating group) is 2. The summed E-state index contributed by atoms with van der Waals surface area (Å²) in [5.41, 5.74) is 1.10. The monoisotopic (exact) mass is 250 g/mol. The Morgan fingerprint density at radius 3 is 2.00 bits per heavy atom. The molecule has 4 nitrogen and oxygen atoms in total. The summed E-state index contributed by atoms with van der Waals surface area (Å²) in [7, 11) is 9.15. The summed E-state index contributed by atoms with van der Waals surface area (Å²) < 4.78 is 4.92. The zero-order valence-electron chi connectivity index (χ0n) is 11.8. The standard InChI is InChI=1S/C14H22N2O2/c1-15(2)12(11-9-7-6-8-10-11)13(16(3)4)14(17)18-5/h6-10,12-13H,1-5H3/t12-,13-/m0/s1. The number of hydrogen-bond donors (Lipinski definition) is 0. The molecular formula is C14H22N2O2. The van der Waals surface area contributed by atoms with E-state index in [1.165, 1.54) is 7.11 Å². The molecule has 0 fully saturated rings. The second kappa shape index (κ2) is 6.52. The number of methoxy groups -OCH3 is 1. The van der Waals surface area contributed by atoms with Gasteiger partial charge in [0.1, 0.15) is 6.04 Å². The van der Waals surface area contributed by atoms with Crippen molar-refractivity contribution in [2.45, 2.75) is 12.1 Å². The molecule has 0 aliphatic heterocycles. The number of benzene rings is 1. The number of esters is 1. The molecule has 0 saturated heterocycles. The SMILES string of the molecule is COC(=O)[C@H]([C@H](c1ccccc1)N(C)C)N(C)C. The average molecular weight is 250 g/mol. The van der Waals surface area contributed by atoms with E-state index in [9.17, 15) is 4.79 Å². The van der Waals surface area contributed by atoms with Gasteiger partial charge < -0.3 is 9.64 Å². The maximum absolute atomic E-state index is 12.0. The van der Waals surface area contributed by atoms with E-state index in [0.29, 0.717) is 0 Å². The largest absolute Gasteiger partial charge is 0.468 e. The Morgan fingerprint density at radius 1 is 1.06 bits per heavy atom. The summed E-state index contributed by atoms with van der Waals surface area (Å²) in [6.45, 7) is 0. The van der Waals surface area contributed by atoms with Gasteiger partial charge in [-0.1, -0.05) is 30.3 Å². The summed E-state index contributed by atoms with van der Waals surface area (Å²) in [4.78, 5) is 15.9. The third kappa shape index (κ3) is 3.31. The zero-order chi connectivity index (χ0) is 13.7. The van der Waals surface area contributed by atoms with Crippen molar-refractivity contribution in [1.82, 2.24) is 9.80 Å². The van der Waals surface area contributed by atoms with Crippen molar-refractivity contribution in [3.63, 3.8) is 0 Å². The first kappa shape index (κ1) is 14.7. The summed E-state index contributed by atoms with van der Waals surface area (Å²) >= 11 is 0. The fourth-order valence-corrected chi connectivity index (χ4v) is 2.16. The molecule has 1 aromatic rings. The summed E-state index contributed by atoms with van der Waals surface area (Å²) in [5, 5.41) is 0. The number of ether oxygens (including phenoxy) is 1. The van der Waals surface area contributed by atoms with Gasteiger partial charge in [0.05, 0.1) is 13.2 Å². The van der Waals surface area contributed by atoms with Gasteiger partial charge in [0.15, 0.2) is 0 Å². The van der Waals surface area contributed by atoms with Crippen LogP contribution in [0, 0.1) is 0 Å². The van der Waals surface area contributed by atoms with Crippen LogP contribution in [0.1, 0.15) is 11.6 Å². The van der Waals surface area contributed by atoms with Crippen molar-refractivity contribution in [3.8, 4) is 0 Å². The van der Waals surface area contributed by atoms with Crippen molar-refractivity contribution >= 4 is 5.97 Å². The number of carbonyl (C=O) groups is 1. The highest BCUT2D eigenvalue weighted by molar-refractivity contribution is 5.77. The molecule has 0 amide bonds. The van der Waals surface area contributed by atoms with Crippen LogP contribution in [0.3, 0.4) is 0 Å². The molecule has 0 unspecified atom stereocenters. The summed E-state index contributed by atoms with van der Waals surface area (Å²) in [6.07, 6.45) is 0. The molecule has 100 valence electrons. The van der Waals surface area contributed by atoms with Gasteiger partial charge in [-0.15, -0.1) is 0 Å². The van der Waals surface area contributed by atoms with Crippen LogP contribution in [0.15, 0.2) is 30.3 Å². The molecular weight excluding hydrogens is 228 g/mol. The van der Waals surface area contributed by atoms with Crippen molar-refractivity contribution in [3.05, 3.63) is 35.9 Å². The Balaban J connectivity index is 3.14. The van der Waals surface area contributed by atoms with Crippen LogP contribution in [-0.2, 0) is 9.53 Å². The highest BCUT2D eigenvalue weighted by atomic mass is 16.5. The Labute approximate surface area is 109 Å². The van der Waals surface area contributed by atoms with Crippen LogP contribution in [0.25, 0.3) is 0 Å². The normalized spacial score (nSPS) is 14.6. The quantitative estimate of drug-likeness (QED) is 0.739. The Kier molecular flexibility index (Phi) is 5.31. The molecule has 0 radical (unpaired) electrons. The zero-order valence-corrected chi connectivity index (χ0v) is 11.8. The Morgan fingerprint density at radius 2 is 1.61 bits per heavy atom. The first-order valence-corrected chi connectivity index (χ1v) is 5.94. The first-order chi connectivity index (χ1) is 8.49. The molecule has 1 rings (SSSR count). The predicted molar refractivity (Wildman–Crippen MR) is 72.4 cm³/mol.